The molecule has 104 valence electrons. The molecule has 1 aliphatic rings. The van der Waals surface area contributed by atoms with Gasteiger partial charge in [-0.15, -0.1) is 0 Å². The van der Waals surface area contributed by atoms with Crippen LogP contribution in [0.15, 0.2) is 41.1 Å². The lowest BCUT2D eigenvalue weighted by molar-refractivity contribution is 0.112. The summed E-state index contributed by atoms with van der Waals surface area (Å²) in [6, 6.07) is 7.94. The van der Waals surface area contributed by atoms with Crippen molar-refractivity contribution in [1.82, 2.24) is 14.8 Å². The number of nitrogens with zero attached hydrogens (tertiary/aromatic N) is 3. The van der Waals surface area contributed by atoms with Crippen molar-refractivity contribution in [3.8, 4) is 5.69 Å². The molecule has 0 aliphatic heterocycles. The lowest BCUT2D eigenvalue weighted by atomic mass is 10.1. The molecule has 2 heterocycles. The maximum Gasteiger partial charge on any atom is 0.153 e. The fraction of sp³-hybridized carbons (Fsp3) is 0.188. The lowest BCUT2D eigenvalue weighted by Crippen LogP contribution is -2.03. The second kappa shape index (κ2) is 4.77. The fourth-order valence-corrected chi connectivity index (χ4v) is 3.17. The van der Waals surface area contributed by atoms with E-state index in [0.717, 1.165) is 45.9 Å². The van der Waals surface area contributed by atoms with E-state index in [1.807, 2.05) is 28.9 Å². The van der Waals surface area contributed by atoms with E-state index in [1.165, 1.54) is 0 Å². The molecule has 0 saturated heterocycles. The maximum atomic E-state index is 11.2. The van der Waals surface area contributed by atoms with Crippen molar-refractivity contribution in [3.63, 3.8) is 0 Å². The van der Waals surface area contributed by atoms with Gasteiger partial charge in [-0.2, -0.15) is 5.10 Å². The summed E-state index contributed by atoms with van der Waals surface area (Å²) in [6.45, 7) is 0. The van der Waals surface area contributed by atoms with Gasteiger partial charge in [0, 0.05) is 22.0 Å². The van der Waals surface area contributed by atoms with Gasteiger partial charge in [0.15, 0.2) is 6.29 Å². The summed E-state index contributed by atoms with van der Waals surface area (Å²) < 4.78 is 2.86. The van der Waals surface area contributed by atoms with Gasteiger partial charge in [-0.05, 0) is 53.0 Å². The molecule has 2 aromatic heterocycles. The highest BCUT2D eigenvalue weighted by Crippen LogP contribution is 2.42. The minimum Gasteiger partial charge on any atom is -0.298 e. The van der Waals surface area contributed by atoms with E-state index >= 15 is 0 Å². The summed E-state index contributed by atoms with van der Waals surface area (Å²) >= 11 is 3.53. The number of hydrogen-bond acceptors (Lipinski definition) is 3. The summed E-state index contributed by atoms with van der Waals surface area (Å²) in [5, 5.41) is 5.46. The van der Waals surface area contributed by atoms with Crippen LogP contribution >= 0.6 is 15.9 Å². The minimum atomic E-state index is 0.447. The number of fused-ring (bicyclic) bond motifs is 1. The Hall–Kier alpha value is -2.01. The molecule has 1 fully saturated rings. The number of carbonyl (C=O) groups excluding carboxylic acids is 1. The Bertz CT molecular complexity index is 852. The fourth-order valence-electron chi connectivity index (χ4n) is 2.73. The summed E-state index contributed by atoms with van der Waals surface area (Å²) in [4.78, 5) is 15.7. The van der Waals surface area contributed by atoms with Crippen LogP contribution in [-0.4, -0.2) is 21.1 Å². The van der Waals surface area contributed by atoms with Crippen molar-refractivity contribution in [2.45, 2.75) is 18.8 Å². The van der Waals surface area contributed by atoms with Crippen molar-refractivity contribution in [2.24, 2.45) is 0 Å². The predicted molar refractivity (Wildman–Crippen MR) is 83.9 cm³/mol. The standard InChI is InChI=1S/C16H12BrN3O/c17-13-5-6-14(12-2-1-7-18-15(12)13)20-16(10-3-4-10)11(9-21)8-19-20/h1-2,5-10H,3-4H2. The third-order valence-corrected chi connectivity index (χ3v) is 4.49. The van der Waals surface area contributed by atoms with E-state index in [2.05, 4.69) is 26.0 Å². The Balaban J connectivity index is 2.01. The maximum absolute atomic E-state index is 11.2. The summed E-state index contributed by atoms with van der Waals surface area (Å²) in [6.07, 6.45) is 6.58. The Morgan fingerprint density at radius 1 is 1.29 bits per heavy atom. The van der Waals surface area contributed by atoms with Crippen LogP contribution in [0, 0.1) is 0 Å². The zero-order chi connectivity index (χ0) is 14.4. The molecule has 0 radical (unpaired) electrons. The third-order valence-electron chi connectivity index (χ3n) is 3.85. The van der Waals surface area contributed by atoms with Gasteiger partial charge >= 0.3 is 0 Å². The number of carbonyl (C=O) groups is 1. The third kappa shape index (κ3) is 2.00. The molecule has 1 aliphatic carbocycles. The monoisotopic (exact) mass is 341 g/mol. The molecular formula is C16H12BrN3O. The predicted octanol–water partition coefficient (Wildman–Crippen LogP) is 3.87. The molecule has 1 aromatic carbocycles. The molecule has 1 saturated carbocycles. The van der Waals surface area contributed by atoms with Crippen molar-refractivity contribution < 1.29 is 4.79 Å². The van der Waals surface area contributed by atoms with Crippen LogP contribution in [0.5, 0.6) is 0 Å². The molecule has 0 unspecified atom stereocenters. The van der Waals surface area contributed by atoms with E-state index in [-0.39, 0.29) is 0 Å². The van der Waals surface area contributed by atoms with Gasteiger partial charge in [-0.3, -0.25) is 9.78 Å². The average molecular weight is 342 g/mol. The Morgan fingerprint density at radius 3 is 2.90 bits per heavy atom. The number of rotatable bonds is 3. The number of hydrogen-bond donors (Lipinski definition) is 0. The van der Waals surface area contributed by atoms with E-state index in [1.54, 1.807) is 12.4 Å². The molecule has 4 nitrogen and oxygen atoms in total. The van der Waals surface area contributed by atoms with Gasteiger partial charge in [-0.1, -0.05) is 0 Å². The molecular weight excluding hydrogens is 330 g/mol. The smallest absolute Gasteiger partial charge is 0.153 e. The summed E-state index contributed by atoms with van der Waals surface area (Å²) in [5.41, 5.74) is 3.59. The first-order chi connectivity index (χ1) is 10.3. The molecule has 0 amide bonds. The topological polar surface area (TPSA) is 47.8 Å². The molecule has 0 bridgehead atoms. The molecule has 3 aromatic rings. The van der Waals surface area contributed by atoms with Crippen LogP contribution in [0.4, 0.5) is 0 Å². The normalized spacial score (nSPS) is 14.5. The molecule has 21 heavy (non-hydrogen) atoms. The van der Waals surface area contributed by atoms with Gasteiger partial charge in [-0.25, -0.2) is 4.68 Å². The van der Waals surface area contributed by atoms with E-state index < -0.39 is 0 Å². The van der Waals surface area contributed by atoms with Crippen molar-refractivity contribution in [2.75, 3.05) is 0 Å². The average Bonchev–Trinajstić information content (AvgIpc) is 3.27. The quantitative estimate of drug-likeness (QED) is 0.679. The van der Waals surface area contributed by atoms with Crippen LogP contribution in [0.25, 0.3) is 16.6 Å². The first kappa shape index (κ1) is 12.7. The molecule has 0 spiro atoms. The number of pyridine rings is 1. The zero-order valence-corrected chi connectivity index (χ0v) is 12.7. The van der Waals surface area contributed by atoms with E-state index in [9.17, 15) is 4.79 Å². The summed E-state index contributed by atoms with van der Waals surface area (Å²) in [5.74, 6) is 0.447. The van der Waals surface area contributed by atoms with Gasteiger partial charge in [0.2, 0.25) is 0 Å². The van der Waals surface area contributed by atoms with Crippen molar-refractivity contribution in [3.05, 3.63) is 52.4 Å². The molecule has 4 rings (SSSR count). The molecule has 0 atom stereocenters. The second-order valence-electron chi connectivity index (χ2n) is 5.26. The van der Waals surface area contributed by atoms with E-state index in [4.69, 9.17) is 0 Å². The number of halogens is 1. The SMILES string of the molecule is O=Cc1cnn(-c2ccc(Br)c3ncccc23)c1C1CC1. The first-order valence-corrected chi connectivity index (χ1v) is 7.65. The number of aromatic nitrogens is 3. The number of aldehydes is 1. The number of benzene rings is 1. The highest BCUT2D eigenvalue weighted by molar-refractivity contribution is 9.10. The Kier molecular flexibility index (Phi) is 2.89. The highest BCUT2D eigenvalue weighted by atomic mass is 79.9. The van der Waals surface area contributed by atoms with Crippen LogP contribution in [0.1, 0.15) is 34.8 Å². The van der Waals surface area contributed by atoms with Crippen LogP contribution < -0.4 is 0 Å². The van der Waals surface area contributed by atoms with Gasteiger partial charge in [0.1, 0.15) is 0 Å². The Morgan fingerprint density at radius 2 is 2.14 bits per heavy atom. The lowest BCUT2D eigenvalue weighted by Gasteiger charge is -2.11. The van der Waals surface area contributed by atoms with E-state index in [0.29, 0.717) is 11.5 Å². The van der Waals surface area contributed by atoms with Gasteiger partial charge < -0.3 is 0 Å². The summed E-state index contributed by atoms with van der Waals surface area (Å²) in [7, 11) is 0. The molecule has 5 heteroatoms. The van der Waals surface area contributed by atoms with Crippen molar-refractivity contribution in [1.29, 1.82) is 0 Å². The first-order valence-electron chi connectivity index (χ1n) is 6.86. The Labute approximate surface area is 129 Å². The second-order valence-corrected chi connectivity index (χ2v) is 6.11. The minimum absolute atomic E-state index is 0.447. The van der Waals surface area contributed by atoms with Gasteiger partial charge in [0.25, 0.3) is 0 Å². The van der Waals surface area contributed by atoms with Crippen LogP contribution in [0.3, 0.4) is 0 Å². The van der Waals surface area contributed by atoms with Crippen LogP contribution in [0.2, 0.25) is 0 Å². The molecule has 0 N–H and O–H groups in total. The van der Waals surface area contributed by atoms with Crippen LogP contribution in [-0.2, 0) is 0 Å². The van der Waals surface area contributed by atoms with Gasteiger partial charge in [0.05, 0.1) is 28.7 Å². The largest absolute Gasteiger partial charge is 0.298 e. The zero-order valence-electron chi connectivity index (χ0n) is 11.2. The highest BCUT2D eigenvalue weighted by Gasteiger charge is 2.31. The van der Waals surface area contributed by atoms with Crippen molar-refractivity contribution >= 4 is 33.1 Å².